The lowest BCUT2D eigenvalue weighted by atomic mass is 10.0. The van der Waals surface area contributed by atoms with Crippen molar-refractivity contribution >= 4 is 22.3 Å². The second kappa shape index (κ2) is 8.81. The highest BCUT2D eigenvalue weighted by Gasteiger charge is 2.43. The molecule has 34 heavy (non-hydrogen) atoms. The SMILES string of the molecule is COc1ccc(Cc2nnc(Nc3ccc(C(F)(F)F)c(C(F)(F)F)c3)c3ccccc23)cn1. The van der Waals surface area contributed by atoms with Gasteiger partial charge in [0.25, 0.3) is 0 Å². The molecule has 0 fully saturated rings. The van der Waals surface area contributed by atoms with Crippen LogP contribution in [0.2, 0.25) is 0 Å². The van der Waals surface area contributed by atoms with Gasteiger partial charge in [0, 0.05) is 35.1 Å². The van der Waals surface area contributed by atoms with E-state index >= 15 is 0 Å². The van der Waals surface area contributed by atoms with E-state index in [-0.39, 0.29) is 11.5 Å². The van der Waals surface area contributed by atoms with Crippen molar-refractivity contribution in [2.45, 2.75) is 18.8 Å². The van der Waals surface area contributed by atoms with Gasteiger partial charge in [-0.2, -0.15) is 31.4 Å². The lowest BCUT2D eigenvalue weighted by Gasteiger charge is -2.17. The first-order chi connectivity index (χ1) is 16.1. The van der Waals surface area contributed by atoms with E-state index in [0.29, 0.717) is 40.9 Å². The molecule has 4 rings (SSSR count). The summed E-state index contributed by atoms with van der Waals surface area (Å²) in [5.41, 5.74) is -2.32. The van der Waals surface area contributed by atoms with Crippen LogP contribution in [0, 0.1) is 0 Å². The molecule has 0 aliphatic rings. The molecule has 0 amide bonds. The molecule has 0 saturated carbocycles. The Hall–Kier alpha value is -3.89. The van der Waals surface area contributed by atoms with Crippen molar-refractivity contribution in [2.24, 2.45) is 0 Å². The number of pyridine rings is 1. The van der Waals surface area contributed by atoms with Crippen molar-refractivity contribution in [1.29, 1.82) is 0 Å². The summed E-state index contributed by atoms with van der Waals surface area (Å²) in [5, 5.41) is 12.2. The zero-order valence-corrected chi connectivity index (χ0v) is 17.5. The molecule has 176 valence electrons. The number of nitrogens with zero attached hydrogens (tertiary/aromatic N) is 3. The van der Waals surface area contributed by atoms with Crippen molar-refractivity contribution in [3.8, 4) is 5.88 Å². The molecule has 11 heteroatoms. The van der Waals surface area contributed by atoms with Crippen LogP contribution in [0.4, 0.5) is 37.8 Å². The zero-order chi connectivity index (χ0) is 24.5. The van der Waals surface area contributed by atoms with Crippen molar-refractivity contribution < 1.29 is 31.1 Å². The first-order valence-electron chi connectivity index (χ1n) is 9.85. The average molecular weight is 478 g/mol. The van der Waals surface area contributed by atoms with Gasteiger partial charge in [-0.25, -0.2) is 4.98 Å². The number of aromatic nitrogens is 3. The normalized spacial score (nSPS) is 12.1. The van der Waals surface area contributed by atoms with Crippen LogP contribution in [0.1, 0.15) is 22.4 Å². The summed E-state index contributed by atoms with van der Waals surface area (Å²) >= 11 is 0. The fourth-order valence-electron chi connectivity index (χ4n) is 3.45. The van der Waals surface area contributed by atoms with Crippen LogP contribution in [0.5, 0.6) is 5.88 Å². The number of fused-ring (bicyclic) bond motifs is 1. The lowest BCUT2D eigenvalue weighted by Crippen LogP contribution is -2.16. The van der Waals surface area contributed by atoms with Gasteiger partial charge in [0.1, 0.15) is 0 Å². The Morgan fingerprint density at radius 2 is 1.53 bits per heavy atom. The summed E-state index contributed by atoms with van der Waals surface area (Å²) in [6.07, 6.45) is -8.33. The molecule has 0 bridgehead atoms. The number of methoxy groups -OCH3 is 1. The maximum absolute atomic E-state index is 13.3. The molecule has 4 aromatic rings. The number of hydrogen-bond acceptors (Lipinski definition) is 5. The van der Waals surface area contributed by atoms with Crippen LogP contribution < -0.4 is 10.1 Å². The second-order valence-electron chi connectivity index (χ2n) is 7.31. The van der Waals surface area contributed by atoms with Gasteiger partial charge >= 0.3 is 12.4 Å². The molecule has 0 aliphatic carbocycles. The molecule has 0 spiro atoms. The Morgan fingerprint density at radius 1 is 0.824 bits per heavy atom. The fourth-order valence-corrected chi connectivity index (χ4v) is 3.45. The summed E-state index contributed by atoms with van der Waals surface area (Å²) in [5.74, 6) is 0.564. The minimum absolute atomic E-state index is 0.111. The molecular formula is C23H16F6N4O. The molecule has 5 nitrogen and oxygen atoms in total. The average Bonchev–Trinajstić information content (AvgIpc) is 2.80. The number of benzene rings is 2. The van der Waals surface area contributed by atoms with E-state index in [4.69, 9.17) is 4.74 Å². The van der Waals surface area contributed by atoms with Crippen LogP contribution in [0.25, 0.3) is 10.8 Å². The van der Waals surface area contributed by atoms with Gasteiger partial charge in [-0.05, 0) is 23.8 Å². The minimum Gasteiger partial charge on any atom is -0.481 e. The maximum atomic E-state index is 13.3. The predicted octanol–water partition coefficient (Wildman–Crippen LogP) is 6.41. The van der Waals surface area contributed by atoms with Gasteiger partial charge in [0.2, 0.25) is 5.88 Å². The van der Waals surface area contributed by atoms with Crippen molar-refractivity contribution in [2.75, 3.05) is 12.4 Å². The Morgan fingerprint density at radius 3 is 2.15 bits per heavy atom. The standard InChI is InChI=1S/C23H16F6N4O/c1-34-20-9-6-13(12-30-20)10-19-15-4-2-3-5-16(15)21(33-32-19)31-14-7-8-17(22(24,25)26)18(11-14)23(27,28)29/h2-9,11-12H,10H2,1H3,(H,31,33). The third kappa shape index (κ3) is 4.87. The van der Waals surface area contributed by atoms with Crippen molar-refractivity contribution in [1.82, 2.24) is 15.2 Å². The van der Waals surface area contributed by atoms with E-state index in [1.807, 2.05) is 6.07 Å². The van der Waals surface area contributed by atoms with Crippen LogP contribution >= 0.6 is 0 Å². The van der Waals surface area contributed by atoms with E-state index < -0.39 is 23.5 Å². The summed E-state index contributed by atoms with van der Waals surface area (Å²) in [7, 11) is 1.50. The minimum atomic E-state index is -5.19. The number of halogens is 6. The third-order valence-electron chi connectivity index (χ3n) is 5.04. The number of anilines is 2. The van der Waals surface area contributed by atoms with E-state index in [1.165, 1.54) is 7.11 Å². The van der Waals surface area contributed by atoms with Gasteiger partial charge in [-0.15, -0.1) is 5.10 Å². The van der Waals surface area contributed by atoms with Gasteiger partial charge in [-0.3, -0.25) is 0 Å². The number of ether oxygens (including phenoxy) is 1. The van der Waals surface area contributed by atoms with Gasteiger partial charge in [0.15, 0.2) is 5.82 Å². The maximum Gasteiger partial charge on any atom is 0.417 e. The molecular weight excluding hydrogens is 462 g/mol. The topological polar surface area (TPSA) is 59.9 Å². The molecule has 0 aliphatic heterocycles. The summed E-state index contributed by atoms with van der Waals surface area (Å²) in [4.78, 5) is 4.14. The second-order valence-corrected chi connectivity index (χ2v) is 7.31. The molecule has 0 atom stereocenters. The summed E-state index contributed by atoms with van der Waals surface area (Å²) in [6, 6.07) is 12.2. The number of alkyl halides is 6. The van der Waals surface area contributed by atoms with Crippen molar-refractivity contribution in [3.63, 3.8) is 0 Å². The van der Waals surface area contributed by atoms with E-state index in [9.17, 15) is 26.3 Å². The highest BCUT2D eigenvalue weighted by Crippen LogP contribution is 2.41. The van der Waals surface area contributed by atoms with Crippen LogP contribution in [-0.2, 0) is 18.8 Å². The van der Waals surface area contributed by atoms with E-state index in [1.54, 1.807) is 36.5 Å². The highest BCUT2D eigenvalue weighted by molar-refractivity contribution is 5.94. The summed E-state index contributed by atoms with van der Waals surface area (Å²) < 4.78 is 84.1. The monoisotopic (exact) mass is 478 g/mol. The quantitative estimate of drug-likeness (QED) is 0.336. The highest BCUT2D eigenvalue weighted by atomic mass is 19.4. The zero-order valence-electron chi connectivity index (χ0n) is 17.5. The Kier molecular flexibility index (Phi) is 6.03. The first kappa shape index (κ1) is 23.3. The molecule has 2 heterocycles. The summed E-state index contributed by atoms with van der Waals surface area (Å²) in [6.45, 7) is 0. The van der Waals surface area contributed by atoms with Crippen LogP contribution in [0.15, 0.2) is 60.8 Å². The number of nitrogens with one attached hydrogen (secondary N) is 1. The Balaban J connectivity index is 1.70. The molecule has 0 saturated heterocycles. The first-order valence-corrected chi connectivity index (χ1v) is 9.85. The van der Waals surface area contributed by atoms with E-state index in [0.717, 1.165) is 11.6 Å². The third-order valence-corrected chi connectivity index (χ3v) is 5.04. The molecule has 2 aromatic heterocycles. The van der Waals surface area contributed by atoms with Crippen LogP contribution in [0.3, 0.4) is 0 Å². The number of hydrogen-bond donors (Lipinski definition) is 1. The van der Waals surface area contributed by atoms with Gasteiger partial charge in [-0.1, -0.05) is 30.3 Å². The lowest BCUT2D eigenvalue weighted by molar-refractivity contribution is -0.162. The van der Waals surface area contributed by atoms with Gasteiger partial charge < -0.3 is 10.1 Å². The largest absolute Gasteiger partial charge is 0.481 e. The smallest absolute Gasteiger partial charge is 0.417 e. The van der Waals surface area contributed by atoms with Gasteiger partial charge in [0.05, 0.1) is 23.9 Å². The Bertz CT molecular complexity index is 1320. The molecule has 2 aromatic carbocycles. The van der Waals surface area contributed by atoms with E-state index in [2.05, 4.69) is 20.5 Å². The van der Waals surface area contributed by atoms with Crippen molar-refractivity contribution in [3.05, 3.63) is 83.2 Å². The number of rotatable bonds is 5. The molecule has 1 N–H and O–H groups in total. The predicted molar refractivity (Wildman–Crippen MR) is 113 cm³/mol. The van der Waals surface area contributed by atoms with Crippen LogP contribution in [-0.4, -0.2) is 22.3 Å². The molecule has 0 unspecified atom stereocenters. The fraction of sp³-hybridized carbons (Fsp3) is 0.174. The molecule has 0 radical (unpaired) electrons. The Labute approximate surface area is 189 Å².